The molecule has 136 valence electrons. The van der Waals surface area contributed by atoms with E-state index in [-0.39, 0.29) is 11.3 Å². The maximum absolute atomic E-state index is 12.5. The Labute approximate surface area is 160 Å². The second kappa shape index (κ2) is 8.42. The maximum atomic E-state index is 12.5. The summed E-state index contributed by atoms with van der Waals surface area (Å²) in [6, 6.07) is 16.4. The molecule has 0 saturated heterocycles. The van der Waals surface area contributed by atoms with Gasteiger partial charge < -0.3 is 0 Å². The van der Waals surface area contributed by atoms with E-state index in [2.05, 4.69) is 15.6 Å². The number of carbonyl (C=O) groups is 1. The summed E-state index contributed by atoms with van der Waals surface area (Å²) in [5.74, 6) is -0.520. The second-order valence-corrected chi connectivity index (χ2v) is 6.09. The van der Waals surface area contributed by atoms with Gasteiger partial charge in [0.25, 0.3) is 11.5 Å². The average Bonchev–Trinajstić information content (AvgIpc) is 2.69. The lowest BCUT2D eigenvalue weighted by Gasteiger charge is -2.08. The van der Waals surface area contributed by atoms with E-state index in [1.165, 1.54) is 10.9 Å². The summed E-state index contributed by atoms with van der Waals surface area (Å²) in [4.78, 5) is 24.8. The number of hydrazone groups is 1. The van der Waals surface area contributed by atoms with Crippen LogP contribution in [0.25, 0.3) is 16.8 Å². The Hall–Kier alpha value is -3.25. The van der Waals surface area contributed by atoms with Crippen LogP contribution in [0.15, 0.2) is 69.5 Å². The van der Waals surface area contributed by atoms with Gasteiger partial charge in [0.1, 0.15) is 0 Å². The highest BCUT2D eigenvalue weighted by molar-refractivity contribution is 6.41. The predicted molar refractivity (Wildman–Crippen MR) is 108 cm³/mol. The minimum atomic E-state index is -0.520. The molecule has 7 heteroatoms. The lowest BCUT2D eigenvalue weighted by atomic mass is 10.1. The van der Waals surface area contributed by atoms with Gasteiger partial charge in [-0.25, -0.2) is 10.1 Å². The second-order valence-electron chi connectivity index (χ2n) is 5.65. The van der Waals surface area contributed by atoms with Crippen molar-refractivity contribution in [2.75, 3.05) is 0 Å². The Morgan fingerprint density at radius 2 is 1.81 bits per heavy atom. The van der Waals surface area contributed by atoms with E-state index in [4.69, 9.17) is 11.6 Å². The minimum Gasteiger partial charge on any atom is -0.267 e. The third-order valence-corrected chi connectivity index (χ3v) is 4.05. The zero-order chi connectivity index (χ0) is 19.2. The summed E-state index contributed by atoms with van der Waals surface area (Å²) in [6.45, 7) is 2.15. The Kier molecular flexibility index (Phi) is 5.78. The Balaban J connectivity index is 1.83. The van der Waals surface area contributed by atoms with Crippen molar-refractivity contribution < 1.29 is 4.79 Å². The first-order valence-electron chi connectivity index (χ1n) is 8.35. The zero-order valence-corrected chi connectivity index (χ0v) is 15.3. The number of aromatic nitrogens is 2. The quantitative estimate of drug-likeness (QED) is 0.544. The first kappa shape index (κ1) is 18.5. The van der Waals surface area contributed by atoms with Crippen LogP contribution < -0.4 is 11.0 Å². The number of carbonyl (C=O) groups excluding carboxylic acids is 1. The van der Waals surface area contributed by atoms with Crippen molar-refractivity contribution in [2.45, 2.75) is 13.5 Å². The largest absolute Gasteiger partial charge is 0.292 e. The molecule has 3 aromatic rings. The summed E-state index contributed by atoms with van der Waals surface area (Å²) in [5.41, 5.74) is 3.22. The molecule has 0 atom stereocenters. The fourth-order valence-electron chi connectivity index (χ4n) is 2.57. The molecule has 0 fully saturated rings. The Morgan fingerprint density at radius 3 is 2.52 bits per heavy atom. The lowest BCUT2D eigenvalue weighted by Crippen LogP contribution is -2.28. The van der Waals surface area contributed by atoms with E-state index >= 15 is 0 Å². The number of nitrogens with zero attached hydrogens (tertiary/aromatic N) is 3. The van der Waals surface area contributed by atoms with E-state index in [0.29, 0.717) is 22.3 Å². The van der Waals surface area contributed by atoms with Gasteiger partial charge in [0, 0.05) is 11.9 Å². The van der Waals surface area contributed by atoms with E-state index in [0.717, 1.165) is 5.56 Å². The van der Waals surface area contributed by atoms with E-state index in [9.17, 15) is 9.59 Å². The topological polar surface area (TPSA) is 76.3 Å². The van der Waals surface area contributed by atoms with E-state index in [1.807, 2.05) is 30.3 Å². The van der Waals surface area contributed by atoms with Gasteiger partial charge in [-0.05, 0) is 24.6 Å². The lowest BCUT2D eigenvalue weighted by molar-refractivity contribution is 0.0949. The molecule has 0 bridgehead atoms. The SMILES string of the molecule is CCn1nc(C(=O)N/N=C/C(Cl)=C/c2ccccc2)c2ccccc2c1=O. The third-order valence-electron chi connectivity index (χ3n) is 3.84. The average molecular weight is 381 g/mol. The van der Waals surface area contributed by atoms with Crippen molar-refractivity contribution in [1.29, 1.82) is 0 Å². The summed E-state index contributed by atoms with van der Waals surface area (Å²) < 4.78 is 1.25. The fraction of sp³-hybridized carbons (Fsp3) is 0.100. The van der Waals surface area contributed by atoms with E-state index < -0.39 is 5.91 Å². The first-order chi connectivity index (χ1) is 13.1. The van der Waals surface area contributed by atoms with Gasteiger partial charge >= 0.3 is 0 Å². The van der Waals surface area contributed by atoms with Gasteiger partial charge in [0.2, 0.25) is 0 Å². The van der Waals surface area contributed by atoms with Crippen LogP contribution in [-0.4, -0.2) is 21.9 Å². The fourth-order valence-corrected chi connectivity index (χ4v) is 2.74. The summed E-state index contributed by atoms with van der Waals surface area (Å²) >= 11 is 6.11. The Morgan fingerprint density at radius 1 is 1.15 bits per heavy atom. The number of nitrogens with one attached hydrogen (secondary N) is 1. The van der Waals surface area contributed by atoms with Gasteiger partial charge in [-0.3, -0.25) is 9.59 Å². The molecule has 0 aliphatic heterocycles. The van der Waals surface area contributed by atoms with Crippen LogP contribution in [0, 0.1) is 0 Å². The maximum Gasteiger partial charge on any atom is 0.292 e. The highest BCUT2D eigenvalue weighted by Gasteiger charge is 2.15. The van der Waals surface area contributed by atoms with Crippen molar-refractivity contribution >= 4 is 40.6 Å². The molecule has 0 aliphatic rings. The van der Waals surface area contributed by atoms with Gasteiger partial charge in [-0.2, -0.15) is 10.2 Å². The molecule has 1 aromatic heterocycles. The third kappa shape index (κ3) is 4.30. The van der Waals surface area contributed by atoms with Crippen LogP contribution in [0.1, 0.15) is 23.0 Å². The highest BCUT2D eigenvalue weighted by atomic mass is 35.5. The standard InChI is InChI=1S/C20H17ClN4O2/c1-2-25-20(27)17-11-7-6-10-16(17)18(24-25)19(26)23-22-13-15(21)12-14-8-4-3-5-9-14/h3-13H,2H2,1H3,(H,23,26)/b15-12-,22-13+. The minimum absolute atomic E-state index is 0.132. The molecule has 0 unspecified atom stereocenters. The van der Waals surface area contributed by atoms with Crippen LogP contribution in [0.4, 0.5) is 0 Å². The van der Waals surface area contributed by atoms with E-state index in [1.54, 1.807) is 37.3 Å². The number of hydrogen-bond acceptors (Lipinski definition) is 4. The summed E-state index contributed by atoms with van der Waals surface area (Å²) in [5, 5.41) is 9.30. The summed E-state index contributed by atoms with van der Waals surface area (Å²) in [7, 11) is 0. The number of halogens is 1. The predicted octanol–water partition coefficient (Wildman–Crippen LogP) is 3.41. The van der Waals surface area contributed by atoms with Crippen LogP contribution in [0.5, 0.6) is 0 Å². The molecule has 27 heavy (non-hydrogen) atoms. The number of fused-ring (bicyclic) bond motifs is 1. The zero-order valence-electron chi connectivity index (χ0n) is 14.6. The number of benzene rings is 2. The van der Waals surface area contributed by atoms with Crippen LogP contribution in [0.3, 0.4) is 0 Å². The molecular formula is C20H17ClN4O2. The molecule has 0 aliphatic carbocycles. The molecular weight excluding hydrogens is 364 g/mol. The molecule has 3 rings (SSSR count). The molecule has 1 amide bonds. The van der Waals surface area contributed by atoms with Crippen LogP contribution in [-0.2, 0) is 6.54 Å². The number of rotatable bonds is 5. The highest BCUT2D eigenvalue weighted by Crippen LogP contribution is 2.13. The van der Waals surface area contributed by atoms with Gasteiger partial charge in [-0.1, -0.05) is 60.1 Å². The molecule has 6 nitrogen and oxygen atoms in total. The molecule has 1 heterocycles. The van der Waals surface area contributed by atoms with Crippen molar-refractivity contribution in [3.8, 4) is 0 Å². The van der Waals surface area contributed by atoms with Gasteiger partial charge in [-0.15, -0.1) is 0 Å². The van der Waals surface area contributed by atoms with Crippen molar-refractivity contribution in [3.05, 3.63) is 81.2 Å². The molecule has 0 spiro atoms. The first-order valence-corrected chi connectivity index (χ1v) is 8.73. The van der Waals surface area contributed by atoms with Crippen molar-refractivity contribution in [3.63, 3.8) is 0 Å². The molecule has 1 N–H and O–H groups in total. The van der Waals surface area contributed by atoms with Crippen molar-refractivity contribution in [2.24, 2.45) is 5.10 Å². The number of hydrogen-bond donors (Lipinski definition) is 1. The van der Waals surface area contributed by atoms with Gasteiger partial charge in [0.15, 0.2) is 5.69 Å². The number of aryl methyl sites for hydroxylation is 1. The number of amides is 1. The van der Waals surface area contributed by atoms with Crippen LogP contribution in [0.2, 0.25) is 0 Å². The smallest absolute Gasteiger partial charge is 0.267 e. The van der Waals surface area contributed by atoms with Crippen molar-refractivity contribution in [1.82, 2.24) is 15.2 Å². The normalized spacial score (nSPS) is 11.9. The Bertz CT molecular complexity index is 1090. The molecule has 2 aromatic carbocycles. The molecule has 0 radical (unpaired) electrons. The van der Waals surface area contributed by atoms with Crippen LogP contribution >= 0.6 is 11.6 Å². The number of allylic oxidation sites excluding steroid dienone is 1. The monoisotopic (exact) mass is 380 g/mol. The van der Waals surface area contributed by atoms with Gasteiger partial charge in [0.05, 0.1) is 16.6 Å². The summed E-state index contributed by atoms with van der Waals surface area (Å²) in [6.07, 6.45) is 3.06. The molecule has 0 saturated carbocycles.